The van der Waals surface area contributed by atoms with Crippen LogP contribution in [0.25, 0.3) is 0 Å². The average Bonchev–Trinajstić information content (AvgIpc) is 2.91. The molecule has 144 valence electrons. The topological polar surface area (TPSA) is 70.7 Å². The number of anilines is 1. The molecule has 2 aliphatic rings. The molecule has 2 N–H and O–H groups in total. The molecule has 6 nitrogen and oxygen atoms in total. The van der Waals surface area contributed by atoms with Crippen LogP contribution in [0.2, 0.25) is 0 Å². The van der Waals surface area contributed by atoms with E-state index in [1.807, 2.05) is 0 Å². The van der Waals surface area contributed by atoms with E-state index >= 15 is 0 Å². The van der Waals surface area contributed by atoms with Crippen molar-refractivity contribution in [3.05, 3.63) is 24.3 Å². The van der Waals surface area contributed by atoms with E-state index in [2.05, 4.69) is 10.6 Å². The molecular formula is C18H27N3O3S2. The molecule has 0 spiro atoms. The van der Waals surface area contributed by atoms with Crippen molar-refractivity contribution in [2.24, 2.45) is 0 Å². The second-order valence-electron chi connectivity index (χ2n) is 6.83. The van der Waals surface area contributed by atoms with Gasteiger partial charge in [0.25, 0.3) is 0 Å². The van der Waals surface area contributed by atoms with E-state index in [1.165, 1.54) is 30.0 Å². The zero-order valence-electron chi connectivity index (χ0n) is 14.9. The highest BCUT2D eigenvalue weighted by molar-refractivity contribution is 7.89. The van der Waals surface area contributed by atoms with Gasteiger partial charge < -0.3 is 15.4 Å². The van der Waals surface area contributed by atoms with Gasteiger partial charge in [0.15, 0.2) is 5.11 Å². The van der Waals surface area contributed by atoms with Gasteiger partial charge in [0.2, 0.25) is 10.0 Å². The lowest BCUT2D eigenvalue weighted by Gasteiger charge is -2.26. The largest absolute Gasteiger partial charge is 0.379 e. The summed E-state index contributed by atoms with van der Waals surface area (Å²) >= 11 is 5.41. The maximum atomic E-state index is 12.6. The Morgan fingerprint density at radius 1 is 1.04 bits per heavy atom. The second kappa shape index (κ2) is 9.12. The van der Waals surface area contributed by atoms with Crippen LogP contribution in [0.4, 0.5) is 5.69 Å². The summed E-state index contributed by atoms with van der Waals surface area (Å²) in [6, 6.07) is 7.20. The first kappa shape index (κ1) is 19.5. The van der Waals surface area contributed by atoms with Crippen LogP contribution in [0.15, 0.2) is 29.2 Å². The van der Waals surface area contributed by atoms with E-state index in [1.54, 1.807) is 24.3 Å². The minimum Gasteiger partial charge on any atom is -0.379 e. The molecule has 0 bridgehead atoms. The molecule has 1 aromatic rings. The lowest BCUT2D eigenvalue weighted by atomic mass is 10.1. The lowest BCUT2D eigenvalue weighted by molar-refractivity contribution is 0.0730. The van der Waals surface area contributed by atoms with E-state index in [9.17, 15) is 8.42 Å². The van der Waals surface area contributed by atoms with Crippen LogP contribution in [0.5, 0.6) is 0 Å². The molecule has 0 unspecified atom stereocenters. The summed E-state index contributed by atoms with van der Waals surface area (Å²) in [5, 5.41) is 7.14. The van der Waals surface area contributed by atoms with Crippen LogP contribution in [0.1, 0.15) is 38.5 Å². The molecule has 1 aliphatic heterocycles. The van der Waals surface area contributed by atoms with Gasteiger partial charge in [-0.05, 0) is 49.3 Å². The van der Waals surface area contributed by atoms with E-state index in [4.69, 9.17) is 17.0 Å². The summed E-state index contributed by atoms with van der Waals surface area (Å²) in [5.41, 5.74) is 0.789. The number of sulfonamides is 1. The average molecular weight is 398 g/mol. The highest BCUT2D eigenvalue weighted by atomic mass is 32.2. The molecule has 0 amide bonds. The van der Waals surface area contributed by atoms with Gasteiger partial charge in [-0.2, -0.15) is 4.31 Å². The number of nitrogens with one attached hydrogen (secondary N) is 2. The SMILES string of the molecule is O=S(=O)(c1ccc(NC(=S)NC2CCCCCC2)cc1)N1CCOCC1. The highest BCUT2D eigenvalue weighted by Gasteiger charge is 2.26. The normalized spacial score (nSPS) is 20.3. The van der Waals surface area contributed by atoms with E-state index in [-0.39, 0.29) is 0 Å². The summed E-state index contributed by atoms with van der Waals surface area (Å²) in [6.45, 7) is 1.69. The minimum atomic E-state index is -3.46. The number of hydrogen-bond donors (Lipinski definition) is 2. The van der Waals surface area contributed by atoms with Crippen molar-refractivity contribution in [2.75, 3.05) is 31.6 Å². The Bertz CT molecular complexity index is 693. The summed E-state index contributed by atoms with van der Waals surface area (Å²) in [6.07, 6.45) is 7.40. The maximum absolute atomic E-state index is 12.6. The molecule has 0 radical (unpaired) electrons. The lowest BCUT2D eigenvalue weighted by Crippen LogP contribution is -2.40. The highest BCUT2D eigenvalue weighted by Crippen LogP contribution is 2.20. The molecule has 1 heterocycles. The van der Waals surface area contributed by atoms with Gasteiger partial charge in [0, 0.05) is 24.8 Å². The van der Waals surface area contributed by atoms with Gasteiger partial charge in [-0.3, -0.25) is 0 Å². The van der Waals surface area contributed by atoms with Crippen molar-refractivity contribution in [2.45, 2.75) is 49.5 Å². The maximum Gasteiger partial charge on any atom is 0.243 e. The Hall–Kier alpha value is -1.22. The van der Waals surface area contributed by atoms with Gasteiger partial charge >= 0.3 is 0 Å². The van der Waals surface area contributed by atoms with Crippen molar-refractivity contribution in [3.63, 3.8) is 0 Å². The fourth-order valence-electron chi connectivity index (χ4n) is 3.42. The van der Waals surface area contributed by atoms with Crippen LogP contribution in [-0.2, 0) is 14.8 Å². The number of nitrogens with zero attached hydrogens (tertiary/aromatic N) is 1. The quantitative estimate of drug-likeness (QED) is 0.601. The zero-order chi connectivity index (χ0) is 18.4. The van der Waals surface area contributed by atoms with Crippen LogP contribution >= 0.6 is 12.2 Å². The summed E-state index contributed by atoms with van der Waals surface area (Å²) in [5.74, 6) is 0. The van der Waals surface area contributed by atoms with Crippen molar-refractivity contribution < 1.29 is 13.2 Å². The van der Waals surface area contributed by atoms with Gasteiger partial charge in [0.1, 0.15) is 0 Å². The minimum absolute atomic E-state index is 0.299. The molecule has 8 heteroatoms. The third-order valence-corrected chi connectivity index (χ3v) is 7.04. The van der Waals surface area contributed by atoms with Crippen LogP contribution in [0.3, 0.4) is 0 Å². The Balaban J connectivity index is 1.57. The zero-order valence-corrected chi connectivity index (χ0v) is 16.6. The Morgan fingerprint density at radius 3 is 2.27 bits per heavy atom. The molecule has 1 saturated carbocycles. The van der Waals surface area contributed by atoms with Crippen LogP contribution in [-0.4, -0.2) is 50.2 Å². The number of thiocarbonyl (C=S) groups is 1. The fraction of sp³-hybridized carbons (Fsp3) is 0.611. The number of morpholine rings is 1. The number of benzene rings is 1. The molecule has 0 aromatic heterocycles. The molecular weight excluding hydrogens is 370 g/mol. The van der Waals surface area contributed by atoms with Gasteiger partial charge in [-0.1, -0.05) is 25.7 Å². The first-order chi connectivity index (χ1) is 12.6. The third kappa shape index (κ3) is 5.16. The smallest absolute Gasteiger partial charge is 0.243 e. The van der Waals surface area contributed by atoms with E-state index < -0.39 is 10.0 Å². The van der Waals surface area contributed by atoms with E-state index in [0.717, 1.165) is 18.5 Å². The number of hydrogen-bond acceptors (Lipinski definition) is 4. The molecule has 26 heavy (non-hydrogen) atoms. The Kier molecular flexibility index (Phi) is 6.86. The molecule has 1 aliphatic carbocycles. The molecule has 1 saturated heterocycles. The molecule has 0 atom stereocenters. The first-order valence-corrected chi connectivity index (χ1v) is 11.2. The first-order valence-electron chi connectivity index (χ1n) is 9.31. The predicted octanol–water partition coefficient (Wildman–Crippen LogP) is 2.72. The van der Waals surface area contributed by atoms with Gasteiger partial charge in [0.05, 0.1) is 18.1 Å². The standard InChI is InChI=1S/C18H27N3O3S2/c22-26(23,21-11-13-24-14-12-21)17-9-7-16(8-10-17)20-18(25)19-15-5-3-1-2-4-6-15/h7-10,15H,1-6,11-14H2,(H2,19,20,25). The molecule has 1 aromatic carbocycles. The van der Waals surface area contributed by atoms with Crippen molar-refractivity contribution in [1.82, 2.24) is 9.62 Å². The predicted molar refractivity (Wildman–Crippen MR) is 107 cm³/mol. The third-order valence-electron chi connectivity index (χ3n) is 4.91. The van der Waals surface area contributed by atoms with E-state index in [0.29, 0.717) is 42.4 Å². The molecule has 3 rings (SSSR count). The van der Waals surface area contributed by atoms with Crippen molar-refractivity contribution >= 4 is 33.0 Å². The molecule has 2 fully saturated rings. The van der Waals surface area contributed by atoms with Crippen molar-refractivity contribution in [1.29, 1.82) is 0 Å². The summed E-state index contributed by atoms with van der Waals surface area (Å²) in [7, 11) is -3.46. The van der Waals surface area contributed by atoms with Crippen molar-refractivity contribution in [3.8, 4) is 0 Å². The summed E-state index contributed by atoms with van der Waals surface area (Å²) in [4.78, 5) is 0.299. The number of rotatable bonds is 4. The fourth-order valence-corrected chi connectivity index (χ4v) is 5.12. The van der Waals surface area contributed by atoms with Crippen LogP contribution in [0, 0.1) is 0 Å². The second-order valence-corrected chi connectivity index (χ2v) is 9.17. The Labute approximate surface area is 161 Å². The number of ether oxygens (including phenoxy) is 1. The monoisotopic (exact) mass is 397 g/mol. The van der Waals surface area contributed by atoms with Gasteiger partial charge in [-0.25, -0.2) is 8.42 Å². The van der Waals surface area contributed by atoms with Gasteiger partial charge in [-0.15, -0.1) is 0 Å². The van der Waals surface area contributed by atoms with Crippen LogP contribution < -0.4 is 10.6 Å². The Morgan fingerprint density at radius 2 is 1.65 bits per heavy atom. The summed E-state index contributed by atoms with van der Waals surface area (Å²) < 4.78 is 32.0.